The molecule has 0 heterocycles. The monoisotopic (exact) mass is 462 g/mol. The highest BCUT2D eigenvalue weighted by Gasteiger charge is 2.19. The van der Waals surface area contributed by atoms with E-state index >= 15 is 0 Å². The Balaban J connectivity index is 1.57. The molecule has 0 spiro atoms. The van der Waals surface area contributed by atoms with Crippen LogP contribution in [0, 0.1) is 11.6 Å². The lowest BCUT2D eigenvalue weighted by Crippen LogP contribution is -1.82. The molecule has 0 amide bonds. The standard InChI is InChI=1S/C34H16F2/c35-19-8-7-17-12-27-26(13-18(17)11-19)22-3-1-6-25-29-15-31-21-10-9-20(36)14-28(21)23-4-2-5-24(33(23)31)30(29)16-32(27)34(22)25/h1-16H. The second kappa shape index (κ2) is 6.16. The third-order valence-electron chi connectivity index (χ3n) is 8.20. The summed E-state index contributed by atoms with van der Waals surface area (Å²) in [5.74, 6) is -0.426. The highest BCUT2D eigenvalue weighted by atomic mass is 19.1. The van der Waals surface area contributed by atoms with E-state index in [-0.39, 0.29) is 11.6 Å². The molecule has 0 bridgehead atoms. The third kappa shape index (κ3) is 2.14. The Bertz CT molecular complexity index is 2380. The van der Waals surface area contributed by atoms with Crippen molar-refractivity contribution in [3.05, 3.63) is 109 Å². The number of benzene rings is 7. The van der Waals surface area contributed by atoms with Crippen LogP contribution in [0.25, 0.3) is 86.2 Å². The first kappa shape index (κ1) is 18.7. The summed E-state index contributed by atoms with van der Waals surface area (Å²) in [5, 5.41) is 18.3. The molecular formula is C34H16F2. The number of fused-ring (bicyclic) bond motifs is 10. The minimum Gasteiger partial charge on any atom is -0.207 e. The maximum Gasteiger partial charge on any atom is 0.123 e. The van der Waals surface area contributed by atoms with Gasteiger partial charge >= 0.3 is 0 Å². The minimum absolute atomic E-state index is 0.210. The lowest BCUT2D eigenvalue weighted by atomic mass is 9.93. The fourth-order valence-electron chi connectivity index (χ4n) is 6.73. The summed E-state index contributed by atoms with van der Waals surface area (Å²) in [5.41, 5.74) is 0. The number of hydrogen-bond donors (Lipinski definition) is 0. The van der Waals surface area contributed by atoms with E-state index in [0.29, 0.717) is 0 Å². The van der Waals surface area contributed by atoms with Crippen molar-refractivity contribution < 1.29 is 8.78 Å². The second-order valence-electron chi connectivity index (χ2n) is 9.98. The molecule has 2 heteroatoms. The lowest BCUT2D eigenvalue weighted by Gasteiger charge is -2.10. The van der Waals surface area contributed by atoms with Gasteiger partial charge in [-0.05, 0) is 135 Å². The predicted octanol–water partition coefficient (Wildman–Crippen LogP) is 10.1. The van der Waals surface area contributed by atoms with Crippen molar-refractivity contribution >= 4 is 86.2 Å². The molecule has 0 saturated carbocycles. The van der Waals surface area contributed by atoms with Gasteiger partial charge in [0.1, 0.15) is 11.6 Å². The molecule has 36 heavy (non-hydrogen) atoms. The van der Waals surface area contributed by atoms with Crippen molar-refractivity contribution in [2.75, 3.05) is 0 Å². The summed E-state index contributed by atoms with van der Waals surface area (Å²) in [6.07, 6.45) is 0. The second-order valence-corrected chi connectivity index (χ2v) is 9.98. The maximum atomic E-state index is 14.2. The zero-order valence-electron chi connectivity index (χ0n) is 19.0. The average molecular weight is 462 g/mol. The lowest BCUT2D eigenvalue weighted by molar-refractivity contribution is 0.629. The first-order valence-corrected chi connectivity index (χ1v) is 12.2. The van der Waals surface area contributed by atoms with Crippen LogP contribution in [0.5, 0.6) is 0 Å². The van der Waals surface area contributed by atoms with E-state index in [1.165, 1.54) is 59.9 Å². The van der Waals surface area contributed by atoms with Crippen LogP contribution < -0.4 is 0 Å². The largest absolute Gasteiger partial charge is 0.207 e. The Labute approximate surface area is 203 Å². The molecule has 0 N–H and O–H groups in total. The molecule has 0 nitrogen and oxygen atoms in total. The minimum atomic E-state index is -0.216. The van der Waals surface area contributed by atoms with Crippen LogP contribution in [0.2, 0.25) is 0 Å². The van der Waals surface area contributed by atoms with Crippen LogP contribution in [-0.4, -0.2) is 0 Å². The van der Waals surface area contributed by atoms with Crippen molar-refractivity contribution in [1.29, 1.82) is 0 Å². The van der Waals surface area contributed by atoms with Crippen molar-refractivity contribution in [3.8, 4) is 0 Å². The van der Waals surface area contributed by atoms with Gasteiger partial charge in [0.15, 0.2) is 0 Å². The van der Waals surface area contributed by atoms with Crippen LogP contribution in [0.3, 0.4) is 0 Å². The molecule has 9 rings (SSSR count). The normalized spacial score (nSPS) is 12.7. The van der Waals surface area contributed by atoms with Crippen LogP contribution in [0.4, 0.5) is 8.78 Å². The average Bonchev–Trinajstić information content (AvgIpc) is 3.37. The molecule has 0 aliphatic carbocycles. The molecule has 9 aromatic rings. The molecule has 0 unspecified atom stereocenters. The fraction of sp³-hybridized carbons (Fsp3) is 0. The molecule has 0 fully saturated rings. The smallest absolute Gasteiger partial charge is 0.123 e. The van der Waals surface area contributed by atoms with E-state index in [2.05, 4.69) is 60.7 Å². The van der Waals surface area contributed by atoms with Crippen LogP contribution >= 0.6 is 0 Å². The van der Waals surface area contributed by atoms with Crippen molar-refractivity contribution in [2.45, 2.75) is 0 Å². The Kier molecular flexibility index (Phi) is 3.21. The van der Waals surface area contributed by atoms with Gasteiger partial charge in [0, 0.05) is 0 Å². The number of halogens is 2. The highest BCUT2D eigenvalue weighted by Crippen LogP contribution is 2.47. The van der Waals surface area contributed by atoms with Gasteiger partial charge in [-0.2, -0.15) is 0 Å². The molecule has 0 aliphatic heterocycles. The Morgan fingerprint density at radius 3 is 1.44 bits per heavy atom. The van der Waals surface area contributed by atoms with Gasteiger partial charge in [-0.15, -0.1) is 0 Å². The molecule has 0 saturated heterocycles. The van der Waals surface area contributed by atoms with Crippen molar-refractivity contribution in [2.24, 2.45) is 0 Å². The Morgan fingerprint density at radius 2 is 0.778 bits per heavy atom. The molecular weight excluding hydrogens is 446 g/mol. The maximum absolute atomic E-state index is 14.2. The van der Waals surface area contributed by atoms with Crippen LogP contribution in [0.15, 0.2) is 97.1 Å². The molecule has 0 radical (unpaired) electrons. The summed E-state index contributed by atoms with van der Waals surface area (Å²) < 4.78 is 28.2. The summed E-state index contributed by atoms with van der Waals surface area (Å²) >= 11 is 0. The topological polar surface area (TPSA) is 0 Å². The molecule has 0 aromatic heterocycles. The predicted molar refractivity (Wildman–Crippen MR) is 149 cm³/mol. The van der Waals surface area contributed by atoms with Crippen molar-refractivity contribution in [3.63, 3.8) is 0 Å². The quantitative estimate of drug-likeness (QED) is 0.197. The van der Waals surface area contributed by atoms with Gasteiger partial charge in [0.2, 0.25) is 0 Å². The zero-order chi connectivity index (χ0) is 23.7. The van der Waals surface area contributed by atoms with Crippen molar-refractivity contribution in [1.82, 2.24) is 0 Å². The fourth-order valence-corrected chi connectivity index (χ4v) is 6.73. The van der Waals surface area contributed by atoms with Gasteiger partial charge in [-0.1, -0.05) is 48.5 Å². The van der Waals surface area contributed by atoms with E-state index in [1.807, 2.05) is 12.1 Å². The van der Waals surface area contributed by atoms with E-state index in [0.717, 1.165) is 32.3 Å². The highest BCUT2D eigenvalue weighted by molar-refractivity contribution is 6.41. The van der Waals surface area contributed by atoms with E-state index in [1.54, 1.807) is 18.2 Å². The molecule has 9 aromatic carbocycles. The molecule has 0 aliphatic rings. The Hall–Kier alpha value is -4.56. The summed E-state index contributed by atoms with van der Waals surface area (Å²) in [7, 11) is 0. The number of hydrogen-bond acceptors (Lipinski definition) is 0. The first-order chi connectivity index (χ1) is 17.7. The van der Waals surface area contributed by atoms with Crippen LogP contribution in [0.1, 0.15) is 0 Å². The van der Waals surface area contributed by atoms with E-state index < -0.39 is 0 Å². The van der Waals surface area contributed by atoms with Gasteiger partial charge in [0.25, 0.3) is 0 Å². The van der Waals surface area contributed by atoms with E-state index in [9.17, 15) is 8.78 Å². The zero-order valence-corrected chi connectivity index (χ0v) is 19.0. The third-order valence-corrected chi connectivity index (χ3v) is 8.20. The number of rotatable bonds is 0. The first-order valence-electron chi connectivity index (χ1n) is 12.2. The SMILES string of the molecule is Fc1ccc2cc3c(cc2c1)c1cccc2c4cc5c6ccc(F)cc6c6cccc(c4cc3c12)c65. The summed E-state index contributed by atoms with van der Waals surface area (Å²) in [6.45, 7) is 0. The van der Waals surface area contributed by atoms with Crippen LogP contribution in [-0.2, 0) is 0 Å². The summed E-state index contributed by atoms with van der Waals surface area (Å²) in [4.78, 5) is 0. The van der Waals surface area contributed by atoms with Gasteiger partial charge in [-0.3, -0.25) is 0 Å². The summed E-state index contributed by atoms with van der Waals surface area (Å²) in [6, 6.07) is 31.9. The van der Waals surface area contributed by atoms with Gasteiger partial charge in [-0.25, -0.2) is 8.78 Å². The molecule has 166 valence electrons. The van der Waals surface area contributed by atoms with E-state index in [4.69, 9.17) is 0 Å². The van der Waals surface area contributed by atoms with Gasteiger partial charge < -0.3 is 0 Å². The molecule has 0 atom stereocenters. The Morgan fingerprint density at radius 1 is 0.306 bits per heavy atom. The van der Waals surface area contributed by atoms with Gasteiger partial charge in [0.05, 0.1) is 0 Å².